The molecule has 0 unspecified atom stereocenters. The van der Waals surface area contributed by atoms with Gasteiger partial charge < -0.3 is 11.1 Å². The molecule has 0 aliphatic heterocycles. The molecule has 0 atom stereocenters. The quantitative estimate of drug-likeness (QED) is 0.832. The number of anilines is 1. The van der Waals surface area contributed by atoms with Gasteiger partial charge in [0.25, 0.3) is 0 Å². The van der Waals surface area contributed by atoms with Gasteiger partial charge in [-0.25, -0.2) is 0 Å². The summed E-state index contributed by atoms with van der Waals surface area (Å²) in [5.41, 5.74) is 10.3. The van der Waals surface area contributed by atoms with E-state index in [0.29, 0.717) is 11.3 Å². The van der Waals surface area contributed by atoms with E-state index in [1.807, 2.05) is 0 Å². The van der Waals surface area contributed by atoms with E-state index in [-0.39, 0.29) is 0 Å². The maximum Gasteiger partial charge on any atom is 0.0372 e. The molecule has 100 valence electrons. The highest BCUT2D eigenvalue weighted by molar-refractivity contribution is 5.53. The lowest BCUT2D eigenvalue weighted by molar-refractivity contribution is 0.163. The molecule has 2 nitrogen and oxygen atoms in total. The fraction of sp³-hybridized carbons (Fsp3) is 0.625. The summed E-state index contributed by atoms with van der Waals surface area (Å²) in [6.45, 7) is 8.47. The Bertz CT molecular complexity index is 400. The standard InChI is InChI=1S/C16H26N2/c1-12(2)14-6-5-13(3)15(9-14)18-11-16(10-17)7-4-8-16/h5-6,9,12,18H,4,7-8,10-11,17H2,1-3H3. The first-order valence-corrected chi connectivity index (χ1v) is 7.11. The number of hydrogen-bond acceptors (Lipinski definition) is 2. The Morgan fingerprint density at radius 1 is 1.33 bits per heavy atom. The van der Waals surface area contributed by atoms with Gasteiger partial charge in [-0.1, -0.05) is 32.4 Å². The Kier molecular flexibility index (Phi) is 3.96. The van der Waals surface area contributed by atoms with Crippen LogP contribution in [-0.2, 0) is 0 Å². The molecule has 0 heterocycles. The first-order valence-electron chi connectivity index (χ1n) is 7.11. The van der Waals surface area contributed by atoms with Crippen molar-refractivity contribution in [3.05, 3.63) is 29.3 Å². The maximum atomic E-state index is 5.91. The van der Waals surface area contributed by atoms with Crippen LogP contribution in [0.15, 0.2) is 18.2 Å². The molecule has 0 amide bonds. The van der Waals surface area contributed by atoms with Gasteiger partial charge in [0.15, 0.2) is 0 Å². The lowest BCUT2D eigenvalue weighted by Crippen LogP contribution is -2.43. The van der Waals surface area contributed by atoms with Gasteiger partial charge in [0.2, 0.25) is 0 Å². The van der Waals surface area contributed by atoms with Crippen molar-refractivity contribution in [2.24, 2.45) is 11.1 Å². The average Bonchev–Trinajstić information content (AvgIpc) is 2.30. The number of hydrogen-bond donors (Lipinski definition) is 2. The van der Waals surface area contributed by atoms with Crippen LogP contribution in [0.5, 0.6) is 0 Å². The van der Waals surface area contributed by atoms with Gasteiger partial charge in [0.1, 0.15) is 0 Å². The Morgan fingerprint density at radius 3 is 2.56 bits per heavy atom. The molecule has 1 aromatic carbocycles. The zero-order chi connectivity index (χ0) is 13.2. The van der Waals surface area contributed by atoms with Gasteiger partial charge in [-0.05, 0) is 54.8 Å². The number of aryl methyl sites for hydroxylation is 1. The lowest BCUT2D eigenvalue weighted by atomic mass is 9.69. The highest BCUT2D eigenvalue weighted by Gasteiger charge is 2.35. The third kappa shape index (κ3) is 2.69. The predicted octanol–water partition coefficient (Wildman–Crippen LogP) is 3.66. The lowest BCUT2D eigenvalue weighted by Gasteiger charge is -2.41. The predicted molar refractivity (Wildman–Crippen MR) is 79.1 cm³/mol. The number of benzene rings is 1. The van der Waals surface area contributed by atoms with E-state index in [9.17, 15) is 0 Å². The van der Waals surface area contributed by atoms with Crippen LogP contribution in [0.4, 0.5) is 5.69 Å². The molecular weight excluding hydrogens is 220 g/mol. The summed E-state index contributed by atoms with van der Waals surface area (Å²) in [6, 6.07) is 6.74. The van der Waals surface area contributed by atoms with E-state index < -0.39 is 0 Å². The Labute approximate surface area is 111 Å². The number of rotatable bonds is 5. The van der Waals surface area contributed by atoms with E-state index in [2.05, 4.69) is 44.3 Å². The van der Waals surface area contributed by atoms with Crippen molar-refractivity contribution in [1.29, 1.82) is 0 Å². The highest BCUT2D eigenvalue weighted by atomic mass is 14.9. The minimum atomic E-state index is 0.361. The van der Waals surface area contributed by atoms with E-state index in [4.69, 9.17) is 5.73 Å². The third-order valence-corrected chi connectivity index (χ3v) is 4.43. The zero-order valence-electron chi connectivity index (χ0n) is 11.9. The molecule has 0 bridgehead atoms. The van der Waals surface area contributed by atoms with Crippen LogP contribution >= 0.6 is 0 Å². The Hall–Kier alpha value is -1.02. The van der Waals surface area contributed by atoms with Gasteiger partial charge in [-0.3, -0.25) is 0 Å². The molecule has 0 aromatic heterocycles. The van der Waals surface area contributed by atoms with Crippen LogP contribution in [0, 0.1) is 12.3 Å². The fourth-order valence-corrected chi connectivity index (χ4v) is 2.60. The molecule has 1 aliphatic rings. The molecule has 1 aliphatic carbocycles. The molecule has 2 rings (SSSR count). The summed E-state index contributed by atoms with van der Waals surface area (Å²) in [6.07, 6.45) is 3.89. The summed E-state index contributed by atoms with van der Waals surface area (Å²) < 4.78 is 0. The van der Waals surface area contributed by atoms with Gasteiger partial charge in [-0.2, -0.15) is 0 Å². The summed E-state index contributed by atoms with van der Waals surface area (Å²) in [7, 11) is 0. The Morgan fingerprint density at radius 2 is 2.06 bits per heavy atom. The van der Waals surface area contributed by atoms with Crippen molar-refractivity contribution in [3.8, 4) is 0 Å². The first kappa shape index (κ1) is 13.4. The number of nitrogens with two attached hydrogens (primary N) is 1. The second-order valence-corrected chi connectivity index (χ2v) is 6.14. The van der Waals surface area contributed by atoms with E-state index in [1.165, 1.54) is 36.1 Å². The van der Waals surface area contributed by atoms with E-state index in [1.54, 1.807) is 0 Å². The SMILES string of the molecule is Cc1ccc(C(C)C)cc1NCC1(CN)CCC1. The van der Waals surface area contributed by atoms with Crippen LogP contribution in [0.1, 0.15) is 50.2 Å². The first-order chi connectivity index (χ1) is 8.56. The molecular formula is C16H26N2. The maximum absolute atomic E-state index is 5.91. The van der Waals surface area contributed by atoms with Gasteiger partial charge >= 0.3 is 0 Å². The van der Waals surface area contributed by atoms with Crippen LogP contribution in [0.2, 0.25) is 0 Å². The van der Waals surface area contributed by atoms with Gasteiger partial charge in [0.05, 0.1) is 0 Å². The van der Waals surface area contributed by atoms with Gasteiger partial charge in [0, 0.05) is 12.2 Å². The summed E-state index contributed by atoms with van der Waals surface area (Å²) in [4.78, 5) is 0. The van der Waals surface area contributed by atoms with Crippen LogP contribution in [0.3, 0.4) is 0 Å². The zero-order valence-corrected chi connectivity index (χ0v) is 11.9. The van der Waals surface area contributed by atoms with Crippen molar-refractivity contribution in [2.75, 3.05) is 18.4 Å². The Balaban J connectivity index is 2.06. The normalized spacial score (nSPS) is 17.6. The largest absolute Gasteiger partial charge is 0.384 e. The van der Waals surface area contributed by atoms with Crippen molar-refractivity contribution < 1.29 is 0 Å². The second kappa shape index (κ2) is 5.31. The minimum absolute atomic E-state index is 0.361. The van der Waals surface area contributed by atoms with E-state index in [0.717, 1.165) is 13.1 Å². The molecule has 18 heavy (non-hydrogen) atoms. The average molecular weight is 246 g/mol. The van der Waals surface area contributed by atoms with E-state index >= 15 is 0 Å². The van der Waals surface area contributed by atoms with Gasteiger partial charge in [-0.15, -0.1) is 0 Å². The molecule has 3 N–H and O–H groups in total. The number of nitrogens with one attached hydrogen (secondary N) is 1. The van der Waals surface area contributed by atoms with Crippen molar-refractivity contribution in [1.82, 2.24) is 0 Å². The molecule has 0 spiro atoms. The van der Waals surface area contributed by atoms with Crippen molar-refractivity contribution in [2.45, 2.75) is 46.0 Å². The molecule has 1 saturated carbocycles. The van der Waals surface area contributed by atoms with Crippen LogP contribution < -0.4 is 11.1 Å². The molecule has 0 saturated heterocycles. The second-order valence-electron chi connectivity index (χ2n) is 6.14. The van der Waals surface area contributed by atoms with Crippen molar-refractivity contribution in [3.63, 3.8) is 0 Å². The highest BCUT2D eigenvalue weighted by Crippen LogP contribution is 2.40. The summed E-state index contributed by atoms with van der Waals surface area (Å²) in [5, 5.41) is 3.62. The molecule has 1 aromatic rings. The summed E-state index contributed by atoms with van der Waals surface area (Å²) in [5.74, 6) is 0.582. The monoisotopic (exact) mass is 246 g/mol. The topological polar surface area (TPSA) is 38.0 Å². The third-order valence-electron chi connectivity index (χ3n) is 4.43. The molecule has 2 heteroatoms. The fourth-order valence-electron chi connectivity index (χ4n) is 2.60. The smallest absolute Gasteiger partial charge is 0.0372 e. The van der Waals surface area contributed by atoms with Crippen LogP contribution in [0.25, 0.3) is 0 Å². The summed E-state index contributed by atoms with van der Waals surface area (Å²) >= 11 is 0. The molecule has 0 radical (unpaired) electrons. The minimum Gasteiger partial charge on any atom is -0.384 e. The van der Waals surface area contributed by atoms with Crippen LogP contribution in [-0.4, -0.2) is 13.1 Å². The van der Waals surface area contributed by atoms with Crippen molar-refractivity contribution >= 4 is 5.69 Å². The molecule has 1 fully saturated rings.